The Hall–Kier alpha value is 0.270. The van der Waals surface area contributed by atoms with Crippen LogP contribution in [0.15, 0.2) is 0 Å². The third kappa shape index (κ3) is 6.44. The Morgan fingerprint density at radius 2 is 2.00 bits per heavy atom. The highest BCUT2D eigenvalue weighted by Gasteiger charge is 2.15. The van der Waals surface area contributed by atoms with E-state index in [4.69, 9.17) is 5.73 Å². The van der Waals surface area contributed by atoms with E-state index in [1.807, 2.05) is 11.8 Å². The van der Waals surface area contributed by atoms with Crippen molar-refractivity contribution in [2.75, 3.05) is 32.1 Å². The van der Waals surface area contributed by atoms with Crippen molar-refractivity contribution in [1.82, 2.24) is 4.90 Å². The highest BCUT2D eigenvalue weighted by atomic mass is 32.2. The van der Waals surface area contributed by atoms with Gasteiger partial charge in [-0.3, -0.25) is 0 Å². The molecule has 0 aliphatic rings. The molecule has 2 N–H and O–H groups in total. The molecule has 0 aromatic rings. The summed E-state index contributed by atoms with van der Waals surface area (Å²) in [4.78, 5) is 2.49. The first kappa shape index (κ1) is 15.3. The van der Waals surface area contributed by atoms with Gasteiger partial charge in [0.1, 0.15) is 0 Å². The predicted molar refractivity (Wildman–Crippen MR) is 72.5 cm³/mol. The molecule has 2 atom stereocenters. The van der Waals surface area contributed by atoms with Crippen molar-refractivity contribution >= 4 is 11.8 Å². The Labute approximate surface area is 100.0 Å². The van der Waals surface area contributed by atoms with E-state index in [2.05, 4.69) is 32.1 Å². The first-order valence-electron chi connectivity index (χ1n) is 6.08. The molecule has 15 heavy (non-hydrogen) atoms. The van der Waals surface area contributed by atoms with Crippen LogP contribution in [0.5, 0.6) is 0 Å². The number of nitrogens with two attached hydrogens (primary N) is 1. The van der Waals surface area contributed by atoms with Crippen LogP contribution in [0.3, 0.4) is 0 Å². The van der Waals surface area contributed by atoms with E-state index in [0.29, 0.717) is 12.0 Å². The monoisotopic (exact) mass is 232 g/mol. The van der Waals surface area contributed by atoms with Gasteiger partial charge in [0.15, 0.2) is 0 Å². The van der Waals surface area contributed by atoms with Gasteiger partial charge in [0.2, 0.25) is 0 Å². The second kappa shape index (κ2) is 9.49. The molecule has 92 valence electrons. The van der Waals surface area contributed by atoms with Crippen LogP contribution in [0.25, 0.3) is 0 Å². The van der Waals surface area contributed by atoms with Crippen LogP contribution in [-0.2, 0) is 0 Å². The fourth-order valence-corrected chi connectivity index (χ4v) is 2.87. The van der Waals surface area contributed by atoms with Crippen molar-refractivity contribution in [2.45, 2.75) is 39.2 Å². The molecule has 0 saturated carbocycles. The van der Waals surface area contributed by atoms with Gasteiger partial charge in [-0.25, -0.2) is 0 Å². The molecule has 0 spiro atoms. The molecule has 3 heteroatoms. The zero-order chi connectivity index (χ0) is 11.7. The molecule has 0 aromatic carbocycles. The summed E-state index contributed by atoms with van der Waals surface area (Å²) < 4.78 is 0. The van der Waals surface area contributed by atoms with Crippen LogP contribution < -0.4 is 5.73 Å². The number of rotatable bonds is 9. The minimum absolute atomic E-state index is 0.677. The normalized spacial score (nSPS) is 15.6. The Balaban J connectivity index is 3.99. The van der Waals surface area contributed by atoms with E-state index in [9.17, 15) is 0 Å². The lowest BCUT2D eigenvalue weighted by Crippen LogP contribution is -2.38. The summed E-state index contributed by atoms with van der Waals surface area (Å²) in [6.07, 6.45) is 5.93. The van der Waals surface area contributed by atoms with Crippen molar-refractivity contribution < 1.29 is 0 Å². The topological polar surface area (TPSA) is 29.3 Å². The highest BCUT2D eigenvalue weighted by molar-refractivity contribution is 7.98. The minimum Gasteiger partial charge on any atom is -0.330 e. The van der Waals surface area contributed by atoms with Gasteiger partial charge in [0.25, 0.3) is 0 Å². The molecule has 0 fully saturated rings. The van der Waals surface area contributed by atoms with E-state index in [-0.39, 0.29) is 0 Å². The smallest absolute Gasteiger partial charge is 0.0180 e. The lowest BCUT2D eigenvalue weighted by molar-refractivity contribution is 0.213. The fourth-order valence-electron chi connectivity index (χ4n) is 2.00. The lowest BCUT2D eigenvalue weighted by atomic mass is 10.0. The van der Waals surface area contributed by atoms with Crippen molar-refractivity contribution in [3.8, 4) is 0 Å². The molecule has 0 heterocycles. The van der Waals surface area contributed by atoms with Crippen molar-refractivity contribution in [3.63, 3.8) is 0 Å². The molecule has 2 unspecified atom stereocenters. The Morgan fingerprint density at radius 1 is 1.33 bits per heavy atom. The molecule has 0 radical (unpaired) electrons. The quantitative estimate of drug-likeness (QED) is 0.662. The Morgan fingerprint density at radius 3 is 2.40 bits per heavy atom. The molecule has 0 bridgehead atoms. The van der Waals surface area contributed by atoms with Crippen LogP contribution in [0, 0.1) is 5.92 Å². The minimum atomic E-state index is 0.677. The molecular formula is C12H28N2S. The first-order chi connectivity index (χ1) is 7.19. The number of nitrogens with zero attached hydrogens (tertiary/aromatic N) is 1. The second-order valence-corrected chi connectivity index (χ2v) is 5.26. The van der Waals surface area contributed by atoms with Crippen LogP contribution in [-0.4, -0.2) is 43.1 Å². The van der Waals surface area contributed by atoms with Crippen molar-refractivity contribution in [1.29, 1.82) is 0 Å². The number of thioether (sulfide) groups is 1. The maximum atomic E-state index is 5.79. The summed E-state index contributed by atoms with van der Waals surface area (Å²) in [6, 6.07) is 0.714. The summed E-state index contributed by atoms with van der Waals surface area (Å²) >= 11 is 1.94. The van der Waals surface area contributed by atoms with E-state index in [1.54, 1.807) is 0 Å². The van der Waals surface area contributed by atoms with Gasteiger partial charge in [-0.15, -0.1) is 0 Å². The third-order valence-electron chi connectivity index (χ3n) is 3.03. The largest absolute Gasteiger partial charge is 0.330 e. The average molecular weight is 232 g/mol. The molecule has 2 nitrogen and oxygen atoms in total. The lowest BCUT2D eigenvalue weighted by Gasteiger charge is -2.30. The van der Waals surface area contributed by atoms with E-state index < -0.39 is 0 Å². The zero-order valence-electron chi connectivity index (χ0n) is 10.8. The van der Waals surface area contributed by atoms with Crippen LogP contribution >= 0.6 is 11.8 Å². The van der Waals surface area contributed by atoms with E-state index >= 15 is 0 Å². The van der Waals surface area contributed by atoms with Gasteiger partial charge in [-0.2, -0.15) is 11.8 Å². The maximum Gasteiger partial charge on any atom is 0.0180 e. The molecule has 0 saturated heterocycles. The van der Waals surface area contributed by atoms with Gasteiger partial charge in [0.05, 0.1) is 0 Å². The number of hydrogen-bond donors (Lipinski definition) is 1. The van der Waals surface area contributed by atoms with Gasteiger partial charge in [-0.1, -0.05) is 20.3 Å². The van der Waals surface area contributed by atoms with Gasteiger partial charge >= 0.3 is 0 Å². The van der Waals surface area contributed by atoms with Crippen molar-refractivity contribution in [2.24, 2.45) is 11.7 Å². The van der Waals surface area contributed by atoms with Gasteiger partial charge < -0.3 is 10.6 Å². The molecule has 0 aliphatic heterocycles. The Kier molecular flexibility index (Phi) is 9.66. The predicted octanol–water partition coefficient (Wildman–Crippen LogP) is 2.43. The molecule has 0 aliphatic carbocycles. The van der Waals surface area contributed by atoms with Crippen LogP contribution in [0.4, 0.5) is 0 Å². The SMILES string of the molecule is CCCC(CN)CN(C)C(CC)CSC. The molecular weight excluding hydrogens is 204 g/mol. The summed E-state index contributed by atoms with van der Waals surface area (Å²) in [5.74, 6) is 1.91. The van der Waals surface area contributed by atoms with Crippen molar-refractivity contribution in [3.05, 3.63) is 0 Å². The fraction of sp³-hybridized carbons (Fsp3) is 1.00. The van der Waals surface area contributed by atoms with Crippen LogP contribution in [0.1, 0.15) is 33.1 Å². The molecule has 0 aromatic heterocycles. The summed E-state index contributed by atoms with van der Waals surface area (Å²) in [7, 11) is 2.24. The summed E-state index contributed by atoms with van der Waals surface area (Å²) in [5, 5.41) is 0. The summed E-state index contributed by atoms with van der Waals surface area (Å²) in [5.41, 5.74) is 5.79. The average Bonchev–Trinajstić information content (AvgIpc) is 2.24. The molecule has 0 amide bonds. The van der Waals surface area contributed by atoms with Gasteiger partial charge in [0, 0.05) is 18.3 Å². The van der Waals surface area contributed by atoms with E-state index in [1.165, 1.54) is 25.0 Å². The molecule has 0 rings (SSSR count). The number of hydrogen-bond acceptors (Lipinski definition) is 3. The zero-order valence-corrected chi connectivity index (χ0v) is 11.6. The third-order valence-corrected chi connectivity index (χ3v) is 3.75. The standard InChI is InChI=1S/C12H28N2S/c1-5-7-11(8-13)9-14(3)12(6-2)10-15-4/h11-12H,5-10,13H2,1-4H3. The Bertz CT molecular complexity index is 142. The first-order valence-corrected chi connectivity index (χ1v) is 7.48. The second-order valence-electron chi connectivity index (χ2n) is 4.35. The van der Waals surface area contributed by atoms with Crippen LogP contribution in [0.2, 0.25) is 0 Å². The maximum absolute atomic E-state index is 5.79. The van der Waals surface area contributed by atoms with Gasteiger partial charge in [-0.05, 0) is 38.6 Å². The van der Waals surface area contributed by atoms with E-state index in [0.717, 1.165) is 13.1 Å². The summed E-state index contributed by atoms with van der Waals surface area (Å²) in [6.45, 7) is 6.49. The highest BCUT2D eigenvalue weighted by Crippen LogP contribution is 2.12.